The number of ether oxygens (including phenoxy) is 1. The molecule has 0 saturated heterocycles. The van der Waals surface area contributed by atoms with E-state index >= 15 is 0 Å². The highest BCUT2D eigenvalue weighted by atomic mass is 32.1. The van der Waals surface area contributed by atoms with Gasteiger partial charge in [0.25, 0.3) is 11.8 Å². The number of carbonyl (C=O) groups is 2. The monoisotopic (exact) mass is 400 g/mol. The Balaban J connectivity index is 1.75. The van der Waals surface area contributed by atoms with Gasteiger partial charge in [-0.3, -0.25) is 9.59 Å². The molecule has 0 aliphatic heterocycles. The standard InChI is InChI=1S/C22H28N2O3S/c1-13-7-5-6-8-16(13)27-12-18(25)24-21-19(20(23)26)15-10-9-14(22(2,3)4)11-17(15)28-21/h5-8,14H,9-12H2,1-4H3,(H2,23,26)(H,24,25)/t14-/m0/s1. The maximum absolute atomic E-state index is 12.4. The molecule has 0 fully saturated rings. The van der Waals surface area contributed by atoms with Crippen molar-refractivity contribution >= 4 is 28.2 Å². The Bertz CT molecular complexity index is 896. The summed E-state index contributed by atoms with van der Waals surface area (Å²) in [4.78, 5) is 25.7. The molecule has 3 rings (SSSR count). The fourth-order valence-electron chi connectivity index (χ4n) is 3.70. The van der Waals surface area contributed by atoms with Gasteiger partial charge in [0.15, 0.2) is 6.61 Å². The summed E-state index contributed by atoms with van der Waals surface area (Å²) in [5.74, 6) is 0.442. The van der Waals surface area contributed by atoms with Crippen LogP contribution in [0.1, 0.15) is 53.6 Å². The van der Waals surface area contributed by atoms with E-state index in [0.717, 1.165) is 35.3 Å². The summed E-state index contributed by atoms with van der Waals surface area (Å²) in [5.41, 5.74) is 8.30. The van der Waals surface area contributed by atoms with E-state index in [1.54, 1.807) is 0 Å². The Hall–Kier alpha value is -2.34. The zero-order chi connectivity index (χ0) is 20.5. The van der Waals surface area contributed by atoms with Gasteiger partial charge in [-0.1, -0.05) is 39.0 Å². The maximum atomic E-state index is 12.4. The van der Waals surface area contributed by atoms with Crippen molar-refractivity contribution < 1.29 is 14.3 Å². The van der Waals surface area contributed by atoms with E-state index in [4.69, 9.17) is 10.5 Å². The largest absolute Gasteiger partial charge is 0.483 e. The van der Waals surface area contributed by atoms with Crippen molar-refractivity contribution in [2.75, 3.05) is 11.9 Å². The molecule has 1 aliphatic rings. The second kappa shape index (κ2) is 7.95. The lowest BCUT2D eigenvalue weighted by Crippen LogP contribution is -2.27. The smallest absolute Gasteiger partial charge is 0.262 e. The van der Waals surface area contributed by atoms with Crippen LogP contribution in [0.4, 0.5) is 5.00 Å². The van der Waals surface area contributed by atoms with Crippen molar-refractivity contribution in [2.45, 2.75) is 47.0 Å². The number of carbonyl (C=O) groups excluding carboxylic acids is 2. The van der Waals surface area contributed by atoms with Crippen molar-refractivity contribution in [3.63, 3.8) is 0 Å². The third-order valence-corrected chi connectivity index (χ3v) is 6.61. The number of hydrogen-bond donors (Lipinski definition) is 2. The Morgan fingerprint density at radius 1 is 1.29 bits per heavy atom. The molecule has 0 saturated carbocycles. The van der Waals surface area contributed by atoms with Gasteiger partial charge in [-0.15, -0.1) is 11.3 Å². The first kappa shape index (κ1) is 20.4. The summed E-state index contributed by atoms with van der Waals surface area (Å²) in [5, 5.41) is 3.39. The first-order valence-corrected chi connectivity index (χ1v) is 10.4. The summed E-state index contributed by atoms with van der Waals surface area (Å²) in [6.07, 6.45) is 2.76. The maximum Gasteiger partial charge on any atom is 0.262 e. The van der Waals surface area contributed by atoms with Crippen molar-refractivity contribution in [1.82, 2.24) is 0 Å². The van der Waals surface area contributed by atoms with Crippen molar-refractivity contribution in [2.24, 2.45) is 17.1 Å². The van der Waals surface area contributed by atoms with Crippen LogP contribution in [0.25, 0.3) is 0 Å². The summed E-state index contributed by atoms with van der Waals surface area (Å²) >= 11 is 1.47. The first-order chi connectivity index (χ1) is 13.2. The number of rotatable bonds is 5. The number of nitrogens with one attached hydrogen (secondary N) is 1. The number of aryl methyl sites for hydroxylation is 1. The summed E-state index contributed by atoms with van der Waals surface area (Å²) in [6, 6.07) is 7.54. The third kappa shape index (κ3) is 4.38. The van der Waals surface area contributed by atoms with Gasteiger partial charge in [0.05, 0.1) is 5.56 Å². The predicted molar refractivity (Wildman–Crippen MR) is 113 cm³/mol. The van der Waals surface area contributed by atoms with Crippen LogP contribution in [0.15, 0.2) is 24.3 Å². The molecule has 150 valence electrons. The van der Waals surface area contributed by atoms with E-state index in [2.05, 4.69) is 26.1 Å². The molecule has 0 bridgehead atoms. The second-order valence-electron chi connectivity index (χ2n) is 8.48. The number of nitrogens with two attached hydrogens (primary N) is 1. The summed E-state index contributed by atoms with van der Waals surface area (Å²) in [7, 11) is 0. The van der Waals surface area contributed by atoms with Crippen molar-refractivity contribution in [3.05, 3.63) is 45.8 Å². The van der Waals surface area contributed by atoms with Crippen LogP contribution >= 0.6 is 11.3 Å². The summed E-state index contributed by atoms with van der Waals surface area (Å²) < 4.78 is 5.61. The highest BCUT2D eigenvalue weighted by Crippen LogP contribution is 2.44. The van der Waals surface area contributed by atoms with Gasteiger partial charge in [-0.2, -0.15) is 0 Å². The molecule has 1 aromatic heterocycles. The van der Waals surface area contributed by atoms with Crippen molar-refractivity contribution in [3.8, 4) is 5.75 Å². The average molecular weight is 401 g/mol. The van der Waals surface area contributed by atoms with Crippen LogP contribution in [0.3, 0.4) is 0 Å². The number of amides is 2. The number of fused-ring (bicyclic) bond motifs is 1. The molecule has 2 aromatic rings. The van der Waals surface area contributed by atoms with E-state index in [9.17, 15) is 9.59 Å². The molecule has 1 aromatic carbocycles. The predicted octanol–water partition coefficient (Wildman–Crippen LogP) is 4.32. The Morgan fingerprint density at radius 3 is 2.64 bits per heavy atom. The van der Waals surface area contributed by atoms with Crippen LogP contribution in [0.2, 0.25) is 0 Å². The molecule has 28 heavy (non-hydrogen) atoms. The quantitative estimate of drug-likeness (QED) is 0.784. The van der Waals surface area contributed by atoms with Crippen LogP contribution in [-0.4, -0.2) is 18.4 Å². The van der Waals surface area contributed by atoms with Crippen LogP contribution in [0.5, 0.6) is 5.75 Å². The van der Waals surface area contributed by atoms with Crippen LogP contribution in [0, 0.1) is 18.3 Å². The van der Waals surface area contributed by atoms with Gasteiger partial charge < -0.3 is 15.8 Å². The minimum atomic E-state index is -0.484. The molecule has 0 unspecified atom stereocenters. The van der Waals surface area contributed by atoms with Gasteiger partial charge >= 0.3 is 0 Å². The fraction of sp³-hybridized carbons (Fsp3) is 0.455. The molecular formula is C22H28N2O3S. The highest BCUT2D eigenvalue weighted by Gasteiger charge is 2.33. The molecule has 6 heteroatoms. The summed E-state index contributed by atoms with van der Waals surface area (Å²) in [6.45, 7) is 8.55. The molecule has 0 radical (unpaired) electrons. The van der Waals surface area contributed by atoms with Gasteiger partial charge in [0.1, 0.15) is 10.8 Å². The molecule has 3 N–H and O–H groups in total. The first-order valence-electron chi connectivity index (χ1n) is 9.59. The van der Waals surface area contributed by atoms with Crippen LogP contribution in [-0.2, 0) is 17.6 Å². The molecule has 1 atom stereocenters. The zero-order valence-corrected chi connectivity index (χ0v) is 17.7. The van der Waals surface area contributed by atoms with Gasteiger partial charge in [-0.25, -0.2) is 0 Å². The lowest BCUT2D eigenvalue weighted by atomic mass is 9.72. The molecule has 2 amide bonds. The fourth-order valence-corrected chi connectivity index (χ4v) is 5.05. The normalized spacial score (nSPS) is 16.4. The third-order valence-electron chi connectivity index (χ3n) is 5.44. The minimum absolute atomic E-state index is 0.115. The lowest BCUT2D eigenvalue weighted by Gasteiger charge is -2.33. The lowest BCUT2D eigenvalue weighted by molar-refractivity contribution is -0.118. The number of thiophene rings is 1. The van der Waals surface area contributed by atoms with E-state index in [1.807, 2.05) is 31.2 Å². The molecule has 0 spiro atoms. The van der Waals surface area contributed by atoms with Crippen LogP contribution < -0.4 is 15.8 Å². The minimum Gasteiger partial charge on any atom is -0.483 e. The highest BCUT2D eigenvalue weighted by molar-refractivity contribution is 7.17. The zero-order valence-electron chi connectivity index (χ0n) is 16.9. The average Bonchev–Trinajstić information content (AvgIpc) is 2.97. The number of primary amides is 1. The number of para-hydroxylation sites is 1. The van der Waals surface area contributed by atoms with E-state index in [-0.39, 0.29) is 17.9 Å². The van der Waals surface area contributed by atoms with Gasteiger partial charge in [0, 0.05) is 4.88 Å². The topological polar surface area (TPSA) is 81.4 Å². The molecule has 5 nitrogen and oxygen atoms in total. The van der Waals surface area contributed by atoms with Crippen molar-refractivity contribution in [1.29, 1.82) is 0 Å². The Kier molecular flexibility index (Phi) is 5.79. The number of hydrogen-bond acceptors (Lipinski definition) is 4. The van der Waals surface area contributed by atoms with Gasteiger partial charge in [-0.05, 0) is 54.7 Å². The molecule has 1 aliphatic carbocycles. The molecule has 1 heterocycles. The Morgan fingerprint density at radius 2 is 2.00 bits per heavy atom. The van der Waals surface area contributed by atoms with E-state index < -0.39 is 5.91 Å². The number of anilines is 1. The molecular weight excluding hydrogens is 372 g/mol. The second-order valence-corrected chi connectivity index (χ2v) is 9.59. The van der Waals surface area contributed by atoms with E-state index in [0.29, 0.717) is 22.2 Å². The SMILES string of the molecule is Cc1ccccc1OCC(=O)Nc1sc2c(c1C(N)=O)CC[C@H](C(C)(C)C)C2. The van der Waals surface area contributed by atoms with Gasteiger partial charge in [0.2, 0.25) is 0 Å². The van der Waals surface area contributed by atoms with E-state index in [1.165, 1.54) is 11.3 Å². The number of benzene rings is 1. The Labute approximate surface area is 170 Å².